The van der Waals surface area contributed by atoms with Crippen LogP contribution in [-0.4, -0.2) is 61.3 Å². The maximum atomic E-state index is 12.9. The number of methoxy groups -OCH3 is 1. The van der Waals surface area contributed by atoms with Crippen LogP contribution in [0.5, 0.6) is 0 Å². The second-order valence-corrected chi connectivity index (χ2v) is 6.67. The van der Waals surface area contributed by atoms with Crippen molar-refractivity contribution in [1.29, 1.82) is 0 Å². The molecule has 2 aliphatic heterocycles. The molecule has 0 saturated carbocycles. The molecule has 0 aromatic heterocycles. The molecule has 0 radical (unpaired) electrons. The summed E-state index contributed by atoms with van der Waals surface area (Å²) >= 11 is 0. The Hall–Kier alpha value is -2.06. The van der Waals surface area contributed by atoms with Gasteiger partial charge in [0.05, 0.1) is 23.8 Å². The number of amides is 2. The van der Waals surface area contributed by atoms with Gasteiger partial charge in [-0.2, -0.15) is 0 Å². The summed E-state index contributed by atoms with van der Waals surface area (Å²) in [6, 6.07) is 6.07. The van der Waals surface area contributed by atoms with Crippen LogP contribution in [0.2, 0.25) is 0 Å². The zero-order valence-electron chi connectivity index (χ0n) is 15.1. The van der Waals surface area contributed by atoms with Crippen molar-refractivity contribution in [3.05, 3.63) is 48.0 Å². The van der Waals surface area contributed by atoms with Gasteiger partial charge in [0.1, 0.15) is 19.0 Å². The number of ether oxygens (including phenoxy) is 4. The quantitative estimate of drug-likeness (QED) is 0.320. The number of hydrogen-bond donors (Lipinski definition) is 0. The highest BCUT2D eigenvalue weighted by atomic mass is 16.8. The van der Waals surface area contributed by atoms with Gasteiger partial charge in [-0.1, -0.05) is 18.2 Å². The van der Waals surface area contributed by atoms with Crippen LogP contribution < -0.4 is 0 Å². The van der Waals surface area contributed by atoms with Gasteiger partial charge < -0.3 is 18.9 Å². The Morgan fingerprint density at radius 2 is 1.85 bits per heavy atom. The highest BCUT2D eigenvalue weighted by Gasteiger charge is 2.50. The first-order chi connectivity index (χ1) is 12.4. The van der Waals surface area contributed by atoms with E-state index >= 15 is 0 Å². The lowest BCUT2D eigenvalue weighted by Gasteiger charge is -2.32. The summed E-state index contributed by atoms with van der Waals surface area (Å²) in [5, 5.41) is 0. The molecule has 3 atom stereocenters. The Labute approximate surface area is 152 Å². The van der Waals surface area contributed by atoms with Crippen LogP contribution in [0.1, 0.15) is 34.6 Å². The van der Waals surface area contributed by atoms with Crippen molar-refractivity contribution < 1.29 is 28.5 Å². The summed E-state index contributed by atoms with van der Waals surface area (Å²) < 4.78 is 22.2. The fraction of sp³-hybridized carbons (Fsp3) is 0.474. The van der Waals surface area contributed by atoms with Crippen LogP contribution in [0.4, 0.5) is 0 Å². The highest BCUT2D eigenvalue weighted by Crippen LogP contribution is 2.35. The molecule has 0 aliphatic carbocycles. The molecule has 1 saturated heterocycles. The van der Waals surface area contributed by atoms with E-state index in [1.54, 1.807) is 44.2 Å². The standard InChI is InChI=1S/C19H23NO6/c1-5-15-16(26-19(2,3)25-15)14(10-24-11-23-4)20-17(21)12-8-6-7-9-13(12)18(20)22/h5-9,14-16H,1,10-11H2,2-4H3/t14-,15+,16+/m1/s1. The van der Waals surface area contributed by atoms with Crippen LogP contribution >= 0.6 is 0 Å². The summed E-state index contributed by atoms with van der Waals surface area (Å²) in [4.78, 5) is 27.0. The number of fused-ring (bicyclic) bond motifs is 1. The van der Waals surface area contributed by atoms with Crippen molar-refractivity contribution in [1.82, 2.24) is 4.90 Å². The average molecular weight is 361 g/mol. The van der Waals surface area contributed by atoms with Gasteiger partial charge in [0.25, 0.3) is 11.8 Å². The van der Waals surface area contributed by atoms with Crippen LogP contribution in [0.3, 0.4) is 0 Å². The first-order valence-electron chi connectivity index (χ1n) is 8.41. The fourth-order valence-electron chi connectivity index (χ4n) is 3.37. The molecule has 7 heteroatoms. The Balaban J connectivity index is 1.93. The van der Waals surface area contributed by atoms with Gasteiger partial charge in [-0.15, -0.1) is 6.58 Å². The van der Waals surface area contributed by atoms with E-state index < -0.39 is 24.0 Å². The second kappa shape index (κ2) is 7.28. The van der Waals surface area contributed by atoms with E-state index in [4.69, 9.17) is 18.9 Å². The van der Waals surface area contributed by atoms with E-state index in [1.165, 1.54) is 12.0 Å². The van der Waals surface area contributed by atoms with Crippen molar-refractivity contribution in [3.8, 4) is 0 Å². The van der Waals surface area contributed by atoms with E-state index in [2.05, 4.69) is 6.58 Å². The first-order valence-corrected chi connectivity index (χ1v) is 8.41. The first kappa shape index (κ1) is 18.7. The third-order valence-corrected chi connectivity index (χ3v) is 4.42. The van der Waals surface area contributed by atoms with Gasteiger partial charge in [0, 0.05) is 7.11 Å². The van der Waals surface area contributed by atoms with Gasteiger partial charge in [-0.05, 0) is 26.0 Å². The molecule has 0 bridgehead atoms. The lowest BCUT2D eigenvalue weighted by molar-refractivity contribution is -0.151. The van der Waals surface area contributed by atoms with Crippen molar-refractivity contribution in [2.75, 3.05) is 20.5 Å². The van der Waals surface area contributed by atoms with Crippen molar-refractivity contribution in [2.24, 2.45) is 0 Å². The van der Waals surface area contributed by atoms with Gasteiger partial charge >= 0.3 is 0 Å². The molecule has 2 amide bonds. The molecule has 7 nitrogen and oxygen atoms in total. The average Bonchev–Trinajstić information content (AvgIpc) is 3.07. The Morgan fingerprint density at radius 3 is 2.38 bits per heavy atom. The smallest absolute Gasteiger partial charge is 0.261 e. The van der Waals surface area contributed by atoms with E-state index in [1.807, 2.05) is 0 Å². The van der Waals surface area contributed by atoms with Crippen LogP contribution in [0.15, 0.2) is 36.9 Å². The molecule has 3 rings (SSSR count). The van der Waals surface area contributed by atoms with Crippen molar-refractivity contribution >= 4 is 11.8 Å². The predicted octanol–water partition coefficient (Wildman–Crippen LogP) is 1.98. The molecule has 0 unspecified atom stereocenters. The number of nitrogens with zero attached hydrogens (tertiary/aromatic N) is 1. The number of imide groups is 1. The van der Waals surface area contributed by atoms with Gasteiger partial charge in [-0.3, -0.25) is 14.5 Å². The summed E-state index contributed by atoms with van der Waals surface area (Å²) in [5.41, 5.74) is 0.755. The van der Waals surface area contributed by atoms with E-state index in [0.29, 0.717) is 11.1 Å². The maximum Gasteiger partial charge on any atom is 0.261 e. The zero-order chi connectivity index (χ0) is 18.9. The Bertz CT molecular complexity index is 681. The third-order valence-electron chi connectivity index (χ3n) is 4.42. The number of carbonyl (C=O) groups is 2. The molecule has 1 aromatic carbocycles. The van der Waals surface area contributed by atoms with E-state index in [-0.39, 0.29) is 25.2 Å². The lowest BCUT2D eigenvalue weighted by Crippen LogP contribution is -2.52. The molecule has 2 heterocycles. The molecular weight excluding hydrogens is 338 g/mol. The van der Waals surface area contributed by atoms with Gasteiger partial charge in [0.15, 0.2) is 5.79 Å². The molecular formula is C19H23NO6. The second-order valence-electron chi connectivity index (χ2n) is 6.67. The number of hydrogen-bond acceptors (Lipinski definition) is 6. The van der Waals surface area contributed by atoms with Crippen molar-refractivity contribution in [2.45, 2.75) is 37.9 Å². The van der Waals surface area contributed by atoms with Crippen molar-refractivity contribution in [3.63, 3.8) is 0 Å². The minimum absolute atomic E-state index is 0.0371. The summed E-state index contributed by atoms with van der Waals surface area (Å²) in [6.45, 7) is 7.44. The predicted molar refractivity (Wildman–Crippen MR) is 92.6 cm³/mol. The largest absolute Gasteiger partial charge is 0.359 e. The summed E-state index contributed by atoms with van der Waals surface area (Å²) in [7, 11) is 1.50. The molecule has 1 fully saturated rings. The highest BCUT2D eigenvalue weighted by molar-refractivity contribution is 6.21. The molecule has 26 heavy (non-hydrogen) atoms. The lowest BCUT2D eigenvalue weighted by atomic mass is 10.0. The van der Waals surface area contributed by atoms with Gasteiger partial charge in [0.2, 0.25) is 0 Å². The van der Waals surface area contributed by atoms with E-state index in [0.717, 1.165) is 0 Å². The summed E-state index contributed by atoms with van der Waals surface area (Å²) in [6.07, 6.45) is 0.535. The number of rotatable bonds is 7. The van der Waals surface area contributed by atoms with Crippen LogP contribution in [0.25, 0.3) is 0 Å². The van der Waals surface area contributed by atoms with Gasteiger partial charge in [-0.25, -0.2) is 0 Å². The normalized spacial score (nSPS) is 25.4. The monoisotopic (exact) mass is 361 g/mol. The topological polar surface area (TPSA) is 74.3 Å². The maximum absolute atomic E-state index is 12.9. The zero-order valence-corrected chi connectivity index (χ0v) is 15.1. The number of carbonyl (C=O) groups excluding carboxylic acids is 2. The van der Waals surface area contributed by atoms with E-state index in [9.17, 15) is 9.59 Å². The molecule has 0 N–H and O–H groups in total. The van der Waals surface area contributed by atoms with Crippen LogP contribution in [0, 0.1) is 0 Å². The third kappa shape index (κ3) is 3.31. The molecule has 1 aromatic rings. The molecule has 2 aliphatic rings. The van der Waals surface area contributed by atoms with Crippen LogP contribution in [-0.2, 0) is 18.9 Å². The Morgan fingerprint density at radius 1 is 1.23 bits per heavy atom. The SMILES string of the molecule is C=C[C@@H]1OC(C)(C)O[C@H]1[C@@H](COCOC)N1C(=O)c2ccccc2C1=O. The minimum atomic E-state index is -0.859. The fourth-order valence-corrected chi connectivity index (χ4v) is 3.37. The minimum Gasteiger partial charge on any atom is -0.359 e. The molecule has 0 spiro atoms. The molecule has 140 valence electrons. The number of benzene rings is 1. The Kier molecular flexibility index (Phi) is 5.24. The summed E-state index contributed by atoms with van der Waals surface area (Å²) in [5.74, 6) is -1.60.